The van der Waals surface area contributed by atoms with Gasteiger partial charge in [0, 0.05) is 36.6 Å². The van der Waals surface area contributed by atoms with Gasteiger partial charge in [-0.1, -0.05) is 0 Å². The molecule has 0 aliphatic carbocycles. The van der Waals surface area contributed by atoms with Crippen molar-refractivity contribution < 1.29 is 9.84 Å². The maximum absolute atomic E-state index is 10.5. The molecule has 3 aromatic heterocycles. The highest BCUT2D eigenvalue weighted by atomic mass is 16.5. The van der Waals surface area contributed by atoms with Gasteiger partial charge in [-0.05, 0) is 39.3 Å². The van der Waals surface area contributed by atoms with E-state index in [-0.39, 0.29) is 0 Å². The summed E-state index contributed by atoms with van der Waals surface area (Å²) in [5.41, 5.74) is 1.95. The zero-order chi connectivity index (χ0) is 19.7. The summed E-state index contributed by atoms with van der Waals surface area (Å²) >= 11 is 0. The van der Waals surface area contributed by atoms with E-state index in [0.29, 0.717) is 23.3 Å². The molecule has 0 unspecified atom stereocenters. The van der Waals surface area contributed by atoms with Gasteiger partial charge in [-0.25, -0.2) is 15.0 Å². The van der Waals surface area contributed by atoms with E-state index >= 15 is 0 Å². The van der Waals surface area contributed by atoms with Crippen molar-refractivity contribution in [2.24, 2.45) is 0 Å². The summed E-state index contributed by atoms with van der Waals surface area (Å²) in [6.45, 7) is 5.45. The first-order chi connectivity index (χ1) is 13.5. The molecule has 0 saturated carbocycles. The van der Waals surface area contributed by atoms with Crippen LogP contribution in [-0.2, 0) is 5.60 Å². The molecule has 3 N–H and O–H groups in total. The van der Waals surface area contributed by atoms with Gasteiger partial charge in [-0.2, -0.15) is 0 Å². The van der Waals surface area contributed by atoms with Gasteiger partial charge < -0.3 is 20.5 Å². The van der Waals surface area contributed by atoms with Crippen LogP contribution in [0.4, 0.5) is 5.95 Å². The van der Waals surface area contributed by atoms with E-state index in [0.717, 1.165) is 43.0 Å². The van der Waals surface area contributed by atoms with E-state index in [1.165, 1.54) is 0 Å². The van der Waals surface area contributed by atoms with Crippen LogP contribution in [0, 0.1) is 0 Å². The van der Waals surface area contributed by atoms with Gasteiger partial charge in [0.15, 0.2) is 0 Å². The second kappa shape index (κ2) is 7.37. The first-order valence-electron chi connectivity index (χ1n) is 9.54. The zero-order valence-corrected chi connectivity index (χ0v) is 16.4. The van der Waals surface area contributed by atoms with Crippen LogP contribution in [0.15, 0.2) is 30.7 Å². The number of hydrogen-bond acceptors (Lipinski definition) is 7. The van der Waals surface area contributed by atoms with Gasteiger partial charge >= 0.3 is 0 Å². The second-order valence-electron chi connectivity index (χ2n) is 7.64. The third-order valence-corrected chi connectivity index (χ3v) is 5.04. The summed E-state index contributed by atoms with van der Waals surface area (Å²) < 4.78 is 7.36. The highest BCUT2D eigenvalue weighted by Crippen LogP contribution is 2.32. The number of aromatic nitrogens is 4. The van der Waals surface area contributed by atoms with E-state index in [9.17, 15) is 5.11 Å². The SMILES string of the molecule is COc1cc2ncc(-c3ccnc(N[C@@H]4CCCNC4)n3)n2cc1C(C)(C)O. The molecular weight excluding hydrogens is 356 g/mol. The Morgan fingerprint density at radius 3 is 2.93 bits per heavy atom. The fourth-order valence-electron chi connectivity index (χ4n) is 3.55. The predicted molar refractivity (Wildman–Crippen MR) is 108 cm³/mol. The van der Waals surface area contributed by atoms with Crippen molar-refractivity contribution in [3.8, 4) is 17.1 Å². The van der Waals surface area contributed by atoms with E-state index in [4.69, 9.17) is 4.74 Å². The molecule has 1 atom stereocenters. The lowest BCUT2D eigenvalue weighted by atomic mass is 9.99. The molecule has 1 aliphatic heterocycles. The molecule has 0 bridgehead atoms. The Morgan fingerprint density at radius 1 is 1.36 bits per heavy atom. The number of anilines is 1. The molecule has 1 saturated heterocycles. The number of methoxy groups -OCH3 is 1. The number of nitrogens with one attached hydrogen (secondary N) is 2. The zero-order valence-electron chi connectivity index (χ0n) is 16.4. The Kier molecular flexibility index (Phi) is 4.91. The average Bonchev–Trinajstić information content (AvgIpc) is 3.10. The van der Waals surface area contributed by atoms with Gasteiger partial charge in [-0.3, -0.25) is 4.40 Å². The van der Waals surface area contributed by atoms with Gasteiger partial charge in [0.1, 0.15) is 11.4 Å². The second-order valence-corrected chi connectivity index (χ2v) is 7.64. The van der Waals surface area contributed by atoms with E-state index in [1.807, 2.05) is 22.7 Å². The Morgan fingerprint density at radius 2 is 2.21 bits per heavy atom. The quantitative estimate of drug-likeness (QED) is 0.622. The highest BCUT2D eigenvalue weighted by Gasteiger charge is 2.23. The number of piperidine rings is 1. The lowest BCUT2D eigenvalue weighted by Gasteiger charge is -2.23. The first-order valence-corrected chi connectivity index (χ1v) is 9.54. The molecule has 1 fully saturated rings. The molecule has 8 heteroatoms. The third-order valence-electron chi connectivity index (χ3n) is 5.04. The Hall–Kier alpha value is -2.71. The number of hydrogen-bond donors (Lipinski definition) is 3. The van der Waals surface area contributed by atoms with Gasteiger partial charge in [-0.15, -0.1) is 0 Å². The standard InChI is InChI=1S/C20H26N6O2/c1-20(2,27)14-12-26-16(11-23-18(26)9-17(14)28-3)15-6-8-22-19(25-15)24-13-5-4-7-21-10-13/h6,8-9,11-13,21,27H,4-5,7,10H2,1-3H3,(H,22,24,25)/t13-/m1/s1. The molecule has 4 heterocycles. The highest BCUT2D eigenvalue weighted by molar-refractivity contribution is 5.63. The molecule has 3 aromatic rings. The molecule has 1 aliphatic rings. The number of ether oxygens (including phenoxy) is 1. The van der Waals surface area contributed by atoms with Crippen LogP contribution in [0.3, 0.4) is 0 Å². The topological polar surface area (TPSA) is 96.6 Å². The van der Waals surface area contributed by atoms with Crippen molar-refractivity contribution in [2.75, 3.05) is 25.5 Å². The molecular formula is C20H26N6O2. The minimum absolute atomic E-state index is 0.331. The predicted octanol–water partition coefficient (Wildman–Crippen LogP) is 2.19. The Balaban J connectivity index is 1.72. The number of rotatable bonds is 5. The van der Waals surface area contributed by atoms with Crippen LogP contribution in [-0.4, -0.2) is 50.7 Å². The first kappa shape index (κ1) is 18.6. The monoisotopic (exact) mass is 382 g/mol. The van der Waals surface area contributed by atoms with E-state index in [1.54, 1.807) is 33.4 Å². The van der Waals surface area contributed by atoms with Crippen molar-refractivity contribution in [1.29, 1.82) is 0 Å². The van der Waals surface area contributed by atoms with Crippen molar-refractivity contribution in [2.45, 2.75) is 38.3 Å². The molecule has 0 amide bonds. The largest absolute Gasteiger partial charge is 0.496 e. The van der Waals surface area contributed by atoms with Gasteiger partial charge in [0.2, 0.25) is 5.95 Å². The summed E-state index contributed by atoms with van der Waals surface area (Å²) in [6.07, 6.45) is 7.63. The number of fused-ring (bicyclic) bond motifs is 1. The maximum Gasteiger partial charge on any atom is 0.223 e. The van der Waals surface area contributed by atoms with Crippen LogP contribution >= 0.6 is 0 Å². The molecule has 0 radical (unpaired) electrons. The van der Waals surface area contributed by atoms with Crippen LogP contribution in [0.5, 0.6) is 5.75 Å². The molecule has 0 spiro atoms. The number of pyridine rings is 1. The Bertz CT molecular complexity index is 972. The minimum Gasteiger partial charge on any atom is -0.496 e. The van der Waals surface area contributed by atoms with Crippen molar-refractivity contribution in [1.82, 2.24) is 24.7 Å². The lowest BCUT2D eigenvalue weighted by Crippen LogP contribution is -2.38. The fraction of sp³-hybridized carbons (Fsp3) is 0.450. The minimum atomic E-state index is -1.05. The van der Waals surface area contributed by atoms with Crippen molar-refractivity contribution >= 4 is 11.6 Å². The van der Waals surface area contributed by atoms with Crippen LogP contribution < -0.4 is 15.4 Å². The summed E-state index contributed by atoms with van der Waals surface area (Å²) in [7, 11) is 1.59. The number of nitrogens with zero attached hydrogens (tertiary/aromatic N) is 4. The van der Waals surface area contributed by atoms with E-state index < -0.39 is 5.60 Å². The van der Waals surface area contributed by atoms with Crippen molar-refractivity contribution in [3.63, 3.8) is 0 Å². The van der Waals surface area contributed by atoms with Crippen LogP contribution in [0.2, 0.25) is 0 Å². The average molecular weight is 382 g/mol. The molecule has 28 heavy (non-hydrogen) atoms. The molecule has 8 nitrogen and oxygen atoms in total. The lowest BCUT2D eigenvalue weighted by molar-refractivity contribution is 0.0752. The van der Waals surface area contributed by atoms with E-state index in [2.05, 4.69) is 25.6 Å². The molecule has 0 aromatic carbocycles. The number of aliphatic hydroxyl groups is 1. The summed E-state index contributed by atoms with van der Waals surface area (Å²) in [6, 6.07) is 4.02. The summed E-state index contributed by atoms with van der Waals surface area (Å²) in [4.78, 5) is 13.5. The van der Waals surface area contributed by atoms with Crippen LogP contribution in [0.1, 0.15) is 32.3 Å². The van der Waals surface area contributed by atoms with Crippen molar-refractivity contribution in [3.05, 3.63) is 36.3 Å². The smallest absolute Gasteiger partial charge is 0.223 e. The van der Waals surface area contributed by atoms with Gasteiger partial charge in [0.25, 0.3) is 0 Å². The fourth-order valence-corrected chi connectivity index (χ4v) is 3.55. The molecule has 148 valence electrons. The Labute approximate surface area is 164 Å². The van der Waals surface area contributed by atoms with Crippen LogP contribution in [0.25, 0.3) is 17.0 Å². The summed E-state index contributed by atoms with van der Waals surface area (Å²) in [5.74, 6) is 1.21. The third kappa shape index (κ3) is 3.65. The normalized spacial score (nSPS) is 17.6. The number of imidazole rings is 1. The summed E-state index contributed by atoms with van der Waals surface area (Å²) in [5, 5.41) is 17.3. The maximum atomic E-state index is 10.5. The van der Waals surface area contributed by atoms with Gasteiger partial charge in [0.05, 0.1) is 30.3 Å². The molecule has 4 rings (SSSR count).